The van der Waals surface area contributed by atoms with Gasteiger partial charge in [-0.25, -0.2) is 4.98 Å². The van der Waals surface area contributed by atoms with E-state index in [2.05, 4.69) is 21.8 Å². The second-order valence-corrected chi connectivity index (χ2v) is 5.29. The molecule has 1 aromatic rings. The normalized spacial score (nSPS) is 27.9. The fourth-order valence-electron chi connectivity index (χ4n) is 3.36. The van der Waals surface area contributed by atoms with Crippen molar-refractivity contribution in [2.75, 3.05) is 6.54 Å². The minimum Gasteiger partial charge on any atom is -0.345 e. The first-order chi connectivity index (χ1) is 7.84. The van der Waals surface area contributed by atoms with Crippen molar-refractivity contribution >= 4 is 0 Å². The fraction of sp³-hybridized carbons (Fsp3) is 0.769. The zero-order valence-electron chi connectivity index (χ0n) is 10.1. The first-order valence-electron chi connectivity index (χ1n) is 6.62. The zero-order valence-corrected chi connectivity index (χ0v) is 10.1. The average molecular weight is 219 g/mol. The van der Waals surface area contributed by atoms with Gasteiger partial charge in [-0.2, -0.15) is 0 Å². The summed E-state index contributed by atoms with van der Waals surface area (Å²) in [6.45, 7) is 3.36. The van der Waals surface area contributed by atoms with Crippen molar-refractivity contribution in [3.8, 4) is 0 Å². The van der Waals surface area contributed by atoms with E-state index in [1.807, 2.05) is 6.20 Å². The summed E-state index contributed by atoms with van der Waals surface area (Å²) >= 11 is 0. The van der Waals surface area contributed by atoms with Crippen LogP contribution in [-0.2, 0) is 0 Å². The molecule has 1 atom stereocenters. The highest BCUT2D eigenvalue weighted by atomic mass is 15.2. The molecule has 3 heteroatoms. The molecule has 1 unspecified atom stereocenters. The van der Waals surface area contributed by atoms with E-state index in [1.54, 1.807) is 0 Å². The molecule has 0 bridgehead atoms. The third-order valence-electron chi connectivity index (χ3n) is 4.13. The standard InChI is InChI=1S/C13H21N3/c1-10-9-14-13(15-10)12-7-4-8-16(12)11-5-2-3-6-11/h9,11-12H,2-8H2,1H3,(H,14,15). The summed E-state index contributed by atoms with van der Waals surface area (Å²) in [5.74, 6) is 1.20. The van der Waals surface area contributed by atoms with Crippen LogP contribution in [-0.4, -0.2) is 27.5 Å². The highest BCUT2D eigenvalue weighted by Gasteiger charge is 2.34. The van der Waals surface area contributed by atoms with Gasteiger partial charge in [-0.1, -0.05) is 12.8 Å². The van der Waals surface area contributed by atoms with E-state index in [4.69, 9.17) is 0 Å². The van der Waals surface area contributed by atoms with Gasteiger partial charge in [-0.15, -0.1) is 0 Å². The number of aromatic nitrogens is 2. The van der Waals surface area contributed by atoms with E-state index in [-0.39, 0.29) is 0 Å². The topological polar surface area (TPSA) is 31.9 Å². The van der Waals surface area contributed by atoms with Crippen LogP contribution in [0.25, 0.3) is 0 Å². The lowest BCUT2D eigenvalue weighted by atomic mass is 10.1. The Morgan fingerprint density at radius 3 is 2.75 bits per heavy atom. The molecule has 2 heterocycles. The van der Waals surface area contributed by atoms with Crippen molar-refractivity contribution in [3.63, 3.8) is 0 Å². The lowest BCUT2D eigenvalue weighted by Crippen LogP contribution is -2.33. The Labute approximate surface area is 97.3 Å². The predicted octanol–water partition coefficient (Wildman–Crippen LogP) is 2.80. The van der Waals surface area contributed by atoms with Gasteiger partial charge in [0.25, 0.3) is 0 Å². The number of imidazole rings is 1. The van der Waals surface area contributed by atoms with Gasteiger partial charge in [0.15, 0.2) is 0 Å². The van der Waals surface area contributed by atoms with Crippen LogP contribution in [0.4, 0.5) is 0 Å². The minimum atomic E-state index is 0.566. The summed E-state index contributed by atoms with van der Waals surface area (Å²) in [5, 5.41) is 0. The second-order valence-electron chi connectivity index (χ2n) is 5.29. The van der Waals surface area contributed by atoms with Gasteiger partial charge in [-0.3, -0.25) is 4.90 Å². The Bertz CT molecular complexity index is 352. The Balaban J connectivity index is 1.78. The molecule has 0 amide bonds. The minimum absolute atomic E-state index is 0.566. The highest BCUT2D eigenvalue weighted by Crippen LogP contribution is 2.36. The summed E-state index contributed by atoms with van der Waals surface area (Å²) in [7, 11) is 0. The molecule has 88 valence electrons. The van der Waals surface area contributed by atoms with Crippen LogP contribution in [0.3, 0.4) is 0 Å². The SMILES string of the molecule is Cc1cnc(C2CCCN2C2CCCC2)[nH]1. The van der Waals surface area contributed by atoms with Crippen molar-refractivity contribution < 1.29 is 0 Å². The monoisotopic (exact) mass is 219 g/mol. The van der Waals surface area contributed by atoms with Crippen LogP contribution < -0.4 is 0 Å². The Kier molecular flexibility index (Phi) is 2.72. The number of nitrogens with zero attached hydrogens (tertiary/aromatic N) is 2. The van der Waals surface area contributed by atoms with Crippen LogP contribution in [0, 0.1) is 6.92 Å². The van der Waals surface area contributed by atoms with Gasteiger partial charge >= 0.3 is 0 Å². The summed E-state index contributed by atoms with van der Waals surface area (Å²) < 4.78 is 0. The highest BCUT2D eigenvalue weighted by molar-refractivity contribution is 5.06. The van der Waals surface area contributed by atoms with Crippen LogP contribution in [0.5, 0.6) is 0 Å². The number of hydrogen-bond donors (Lipinski definition) is 1. The van der Waals surface area contributed by atoms with E-state index in [0.717, 1.165) is 6.04 Å². The van der Waals surface area contributed by atoms with E-state index in [1.165, 1.54) is 56.6 Å². The quantitative estimate of drug-likeness (QED) is 0.829. The molecular weight excluding hydrogens is 198 g/mol. The van der Waals surface area contributed by atoms with E-state index in [9.17, 15) is 0 Å². The van der Waals surface area contributed by atoms with E-state index < -0.39 is 0 Å². The summed E-state index contributed by atoms with van der Waals surface area (Å²) in [6, 6.07) is 1.40. The van der Waals surface area contributed by atoms with Crippen molar-refractivity contribution in [1.29, 1.82) is 0 Å². The van der Waals surface area contributed by atoms with Gasteiger partial charge in [-0.05, 0) is 39.2 Å². The summed E-state index contributed by atoms with van der Waals surface area (Å²) in [4.78, 5) is 10.6. The summed E-state index contributed by atoms with van der Waals surface area (Å²) in [5.41, 5.74) is 1.19. The fourth-order valence-corrected chi connectivity index (χ4v) is 3.36. The maximum Gasteiger partial charge on any atom is 0.123 e. The molecule has 3 rings (SSSR count). The zero-order chi connectivity index (χ0) is 11.0. The molecule has 1 N–H and O–H groups in total. The average Bonchev–Trinajstić information content (AvgIpc) is 2.96. The maximum absolute atomic E-state index is 4.52. The van der Waals surface area contributed by atoms with Crippen LogP contribution in [0.15, 0.2) is 6.20 Å². The Morgan fingerprint density at radius 2 is 2.06 bits per heavy atom. The first-order valence-corrected chi connectivity index (χ1v) is 6.62. The molecule has 1 saturated carbocycles. The third kappa shape index (κ3) is 1.77. The molecule has 0 radical (unpaired) electrons. The van der Waals surface area contributed by atoms with Crippen molar-refractivity contribution in [3.05, 3.63) is 17.7 Å². The van der Waals surface area contributed by atoms with Crippen molar-refractivity contribution in [2.24, 2.45) is 0 Å². The first kappa shape index (κ1) is 10.3. The predicted molar refractivity (Wildman–Crippen MR) is 64.3 cm³/mol. The van der Waals surface area contributed by atoms with E-state index >= 15 is 0 Å². The lowest BCUT2D eigenvalue weighted by Gasteiger charge is -2.29. The molecule has 3 nitrogen and oxygen atoms in total. The number of aryl methyl sites for hydroxylation is 1. The van der Waals surface area contributed by atoms with Gasteiger partial charge in [0, 0.05) is 17.9 Å². The number of likely N-dealkylation sites (tertiary alicyclic amines) is 1. The van der Waals surface area contributed by atoms with Crippen molar-refractivity contribution in [1.82, 2.24) is 14.9 Å². The summed E-state index contributed by atoms with van der Waals surface area (Å²) in [6.07, 6.45) is 10.2. The molecule has 1 aliphatic heterocycles. The molecule has 2 aliphatic rings. The smallest absolute Gasteiger partial charge is 0.123 e. The lowest BCUT2D eigenvalue weighted by molar-refractivity contribution is 0.177. The molecule has 1 aromatic heterocycles. The van der Waals surface area contributed by atoms with Crippen LogP contribution >= 0.6 is 0 Å². The van der Waals surface area contributed by atoms with Gasteiger partial charge in [0.2, 0.25) is 0 Å². The number of hydrogen-bond acceptors (Lipinski definition) is 2. The Hall–Kier alpha value is -0.830. The maximum atomic E-state index is 4.52. The molecule has 2 fully saturated rings. The molecule has 1 aliphatic carbocycles. The molecular formula is C13H21N3. The molecule has 1 saturated heterocycles. The van der Waals surface area contributed by atoms with Crippen LogP contribution in [0.1, 0.15) is 56.1 Å². The van der Waals surface area contributed by atoms with Gasteiger partial charge < -0.3 is 4.98 Å². The number of H-pyrrole nitrogens is 1. The van der Waals surface area contributed by atoms with Crippen molar-refractivity contribution in [2.45, 2.75) is 57.5 Å². The molecule has 0 spiro atoms. The molecule has 16 heavy (non-hydrogen) atoms. The van der Waals surface area contributed by atoms with Gasteiger partial charge in [0.05, 0.1) is 6.04 Å². The number of rotatable bonds is 2. The largest absolute Gasteiger partial charge is 0.345 e. The Morgan fingerprint density at radius 1 is 1.25 bits per heavy atom. The van der Waals surface area contributed by atoms with E-state index in [0.29, 0.717) is 6.04 Å². The van der Waals surface area contributed by atoms with Crippen LogP contribution in [0.2, 0.25) is 0 Å². The molecule has 0 aromatic carbocycles. The third-order valence-corrected chi connectivity index (χ3v) is 4.13. The second kappa shape index (κ2) is 4.21. The number of nitrogens with one attached hydrogen (secondary N) is 1. The van der Waals surface area contributed by atoms with Gasteiger partial charge in [0.1, 0.15) is 5.82 Å². The number of aromatic amines is 1.